The number of anilines is 3. The van der Waals surface area contributed by atoms with Gasteiger partial charge in [-0.15, -0.1) is 0 Å². The van der Waals surface area contributed by atoms with Gasteiger partial charge in [0.15, 0.2) is 0 Å². The van der Waals surface area contributed by atoms with Crippen molar-refractivity contribution in [3.8, 4) is 28.9 Å². The molecule has 2 N–H and O–H groups in total. The molecule has 2 aromatic heterocycles. The predicted octanol–water partition coefficient (Wildman–Crippen LogP) is 2.87. The zero-order valence-corrected chi connectivity index (χ0v) is 15.6. The smallest absolute Gasteiger partial charge is 0.258 e. The maximum Gasteiger partial charge on any atom is 0.258 e. The standard InChI is InChI=1S/C20H17N7O2/c1-27(14-5-3-2-4-6-14)20-24-16(23-19(21)25-20)17-22-18(29-26-17)13-7-8-15-12(11-13)9-10-28-15/h2-8,11H,9-10H2,1H3,(H2,21,23,24,25). The third-order valence-electron chi connectivity index (χ3n) is 4.65. The van der Waals surface area contributed by atoms with Crippen molar-refractivity contribution >= 4 is 17.6 Å². The fourth-order valence-corrected chi connectivity index (χ4v) is 3.15. The van der Waals surface area contributed by atoms with Gasteiger partial charge in [-0.25, -0.2) is 0 Å². The first kappa shape index (κ1) is 17.1. The van der Waals surface area contributed by atoms with Crippen molar-refractivity contribution in [2.45, 2.75) is 6.42 Å². The summed E-state index contributed by atoms with van der Waals surface area (Å²) in [6.45, 7) is 0.690. The van der Waals surface area contributed by atoms with E-state index in [0.717, 1.165) is 29.0 Å². The number of hydrogen-bond acceptors (Lipinski definition) is 9. The fraction of sp³-hybridized carbons (Fsp3) is 0.150. The summed E-state index contributed by atoms with van der Waals surface area (Å²) in [5.74, 6) is 2.23. The Morgan fingerprint density at radius 3 is 2.69 bits per heavy atom. The van der Waals surface area contributed by atoms with Crippen LogP contribution in [-0.2, 0) is 6.42 Å². The lowest BCUT2D eigenvalue weighted by Gasteiger charge is -2.17. The third-order valence-corrected chi connectivity index (χ3v) is 4.65. The summed E-state index contributed by atoms with van der Waals surface area (Å²) < 4.78 is 11.0. The van der Waals surface area contributed by atoms with Gasteiger partial charge in [0.05, 0.1) is 6.61 Å². The second-order valence-electron chi connectivity index (χ2n) is 6.56. The van der Waals surface area contributed by atoms with Gasteiger partial charge in [-0.2, -0.15) is 19.9 Å². The molecule has 144 valence electrons. The van der Waals surface area contributed by atoms with Crippen LogP contribution in [0.5, 0.6) is 5.75 Å². The fourth-order valence-electron chi connectivity index (χ4n) is 3.15. The number of aromatic nitrogens is 5. The number of benzene rings is 2. The number of para-hydroxylation sites is 1. The number of hydrogen-bond donors (Lipinski definition) is 1. The van der Waals surface area contributed by atoms with Gasteiger partial charge in [-0.3, -0.25) is 0 Å². The van der Waals surface area contributed by atoms with E-state index in [2.05, 4.69) is 25.1 Å². The van der Waals surface area contributed by atoms with Crippen molar-refractivity contribution in [3.63, 3.8) is 0 Å². The van der Waals surface area contributed by atoms with Crippen LogP contribution < -0.4 is 15.4 Å². The summed E-state index contributed by atoms with van der Waals surface area (Å²) in [6, 6.07) is 15.5. The van der Waals surface area contributed by atoms with Gasteiger partial charge in [0.2, 0.25) is 23.5 Å². The van der Waals surface area contributed by atoms with E-state index in [0.29, 0.717) is 18.4 Å². The van der Waals surface area contributed by atoms with E-state index in [1.807, 2.05) is 60.5 Å². The Kier molecular flexibility index (Phi) is 4.05. The number of fused-ring (bicyclic) bond motifs is 1. The van der Waals surface area contributed by atoms with Crippen molar-refractivity contribution in [1.29, 1.82) is 0 Å². The van der Waals surface area contributed by atoms with Gasteiger partial charge < -0.3 is 19.9 Å². The normalized spacial score (nSPS) is 12.4. The summed E-state index contributed by atoms with van der Waals surface area (Å²) in [5, 5.41) is 4.03. The number of nitrogens with two attached hydrogens (primary N) is 1. The molecule has 0 saturated carbocycles. The van der Waals surface area contributed by atoms with E-state index < -0.39 is 0 Å². The highest BCUT2D eigenvalue weighted by Crippen LogP contribution is 2.30. The van der Waals surface area contributed by atoms with Gasteiger partial charge in [0, 0.05) is 24.7 Å². The second kappa shape index (κ2) is 6.86. The molecular weight excluding hydrogens is 370 g/mol. The maximum absolute atomic E-state index is 5.90. The Morgan fingerprint density at radius 1 is 0.966 bits per heavy atom. The zero-order chi connectivity index (χ0) is 19.8. The highest BCUT2D eigenvalue weighted by molar-refractivity contribution is 5.62. The molecule has 1 aliphatic heterocycles. The lowest BCUT2D eigenvalue weighted by Crippen LogP contribution is -2.15. The number of ether oxygens (including phenoxy) is 1. The van der Waals surface area contributed by atoms with E-state index in [4.69, 9.17) is 15.0 Å². The average molecular weight is 387 g/mol. The highest BCUT2D eigenvalue weighted by atomic mass is 16.5. The van der Waals surface area contributed by atoms with Crippen LogP contribution in [0.1, 0.15) is 5.56 Å². The van der Waals surface area contributed by atoms with E-state index >= 15 is 0 Å². The molecule has 0 amide bonds. The van der Waals surface area contributed by atoms with Gasteiger partial charge in [-0.1, -0.05) is 23.4 Å². The summed E-state index contributed by atoms with van der Waals surface area (Å²) in [7, 11) is 1.85. The first-order valence-corrected chi connectivity index (χ1v) is 9.08. The molecule has 2 aromatic carbocycles. The topological polar surface area (TPSA) is 116 Å². The summed E-state index contributed by atoms with van der Waals surface area (Å²) in [5.41, 5.74) is 8.76. The summed E-state index contributed by atoms with van der Waals surface area (Å²) in [4.78, 5) is 19.1. The van der Waals surface area contributed by atoms with Gasteiger partial charge in [0.1, 0.15) is 5.75 Å². The quantitative estimate of drug-likeness (QED) is 0.564. The van der Waals surface area contributed by atoms with Gasteiger partial charge in [0.25, 0.3) is 5.89 Å². The molecule has 0 fully saturated rings. The van der Waals surface area contributed by atoms with E-state index in [1.165, 1.54) is 0 Å². The largest absolute Gasteiger partial charge is 0.493 e. The average Bonchev–Trinajstić information content (AvgIpc) is 3.42. The molecule has 9 heteroatoms. The Hall–Kier alpha value is -4.01. The van der Waals surface area contributed by atoms with Crippen LogP contribution in [0.4, 0.5) is 17.6 Å². The monoisotopic (exact) mass is 387 g/mol. The molecule has 0 unspecified atom stereocenters. The van der Waals surface area contributed by atoms with Crippen LogP contribution in [0.25, 0.3) is 23.1 Å². The molecule has 3 heterocycles. The number of rotatable bonds is 4. The SMILES string of the molecule is CN(c1ccccc1)c1nc(N)nc(-c2noc(-c3ccc4c(c3)CCO4)n2)n1. The van der Waals surface area contributed by atoms with Crippen LogP contribution in [0.3, 0.4) is 0 Å². The molecule has 5 rings (SSSR count). The van der Waals surface area contributed by atoms with E-state index in [9.17, 15) is 0 Å². The van der Waals surface area contributed by atoms with Crippen LogP contribution in [0.15, 0.2) is 53.1 Å². The first-order chi connectivity index (χ1) is 14.2. The molecule has 0 bridgehead atoms. The number of nitrogen functional groups attached to an aromatic ring is 1. The van der Waals surface area contributed by atoms with Gasteiger partial charge >= 0.3 is 0 Å². The molecule has 0 radical (unpaired) electrons. The minimum atomic E-state index is 0.0776. The van der Waals surface area contributed by atoms with Crippen molar-refractivity contribution < 1.29 is 9.26 Å². The summed E-state index contributed by atoms with van der Waals surface area (Å²) >= 11 is 0. The Morgan fingerprint density at radius 2 is 1.83 bits per heavy atom. The van der Waals surface area contributed by atoms with Crippen LogP contribution in [0, 0.1) is 0 Å². The minimum absolute atomic E-state index is 0.0776. The lowest BCUT2D eigenvalue weighted by molar-refractivity contribution is 0.357. The second-order valence-corrected chi connectivity index (χ2v) is 6.56. The van der Waals surface area contributed by atoms with Crippen LogP contribution in [-0.4, -0.2) is 38.7 Å². The van der Waals surface area contributed by atoms with Crippen molar-refractivity contribution in [3.05, 3.63) is 54.1 Å². The third kappa shape index (κ3) is 3.22. The molecular formula is C20H17N7O2. The molecule has 29 heavy (non-hydrogen) atoms. The molecule has 0 spiro atoms. The van der Waals surface area contributed by atoms with Crippen LogP contribution in [0.2, 0.25) is 0 Å². The molecule has 0 saturated heterocycles. The first-order valence-electron chi connectivity index (χ1n) is 9.08. The summed E-state index contributed by atoms with van der Waals surface area (Å²) in [6.07, 6.45) is 0.864. The maximum atomic E-state index is 5.90. The molecule has 4 aromatic rings. The Balaban J connectivity index is 1.48. The predicted molar refractivity (Wildman–Crippen MR) is 107 cm³/mol. The molecule has 1 aliphatic rings. The molecule has 0 aliphatic carbocycles. The Bertz CT molecular complexity index is 1180. The molecule has 9 nitrogen and oxygen atoms in total. The Labute approximate surface area is 166 Å². The van der Waals surface area contributed by atoms with Crippen LogP contribution >= 0.6 is 0 Å². The van der Waals surface area contributed by atoms with Gasteiger partial charge in [-0.05, 0) is 35.9 Å². The van der Waals surface area contributed by atoms with Crippen molar-refractivity contribution in [2.24, 2.45) is 0 Å². The lowest BCUT2D eigenvalue weighted by atomic mass is 10.1. The minimum Gasteiger partial charge on any atom is -0.493 e. The van der Waals surface area contributed by atoms with Crippen molar-refractivity contribution in [2.75, 3.05) is 24.3 Å². The van der Waals surface area contributed by atoms with Crippen molar-refractivity contribution in [1.82, 2.24) is 25.1 Å². The van der Waals surface area contributed by atoms with E-state index in [-0.39, 0.29) is 17.6 Å². The highest BCUT2D eigenvalue weighted by Gasteiger charge is 2.19. The molecule has 0 atom stereocenters. The number of nitrogens with zero attached hydrogens (tertiary/aromatic N) is 6. The van der Waals surface area contributed by atoms with E-state index in [1.54, 1.807) is 0 Å². The zero-order valence-electron chi connectivity index (χ0n) is 15.6.